The standard InChI is InChI=1S/C15H26N2O4.C3H6O.C2H4O/c1-13-3-2-4-14(16(5-9-18)6-10-19)15(13)17(7-11-20)8-12-21;1-3-2-4-3;1-2-3-1/h2-4,18-21H,5-12H2,1H3;3H,2H2,1H3;1-2H2. The highest BCUT2D eigenvalue weighted by Gasteiger charge is 2.17. The largest absolute Gasteiger partial charge is 0.395 e. The van der Waals surface area contributed by atoms with Crippen LogP contribution in [0.5, 0.6) is 0 Å². The number of ether oxygens (including phenoxy) is 2. The summed E-state index contributed by atoms with van der Waals surface area (Å²) in [5, 5.41) is 36.9. The Labute approximate surface area is 167 Å². The fourth-order valence-corrected chi connectivity index (χ4v) is 2.58. The Bertz CT molecular complexity index is 511. The van der Waals surface area contributed by atoms with Gasteiger partial charge in [-0.25, -0.2) is 0 Å². The van der Waals surface area contributed by atoms with Crippen molar-refractivity contribution in [3.8, 4) is 0 Å². The molecule has 0 saturated carbocycles. The monoisotopic (exact) mass is 400 g/mol. The van der Waals surface area contributed by atoms with Gasteiger partial charge in [0.1, 0.15) is 0 Å². The van der Waals surface area contributed by atoms with Crippen molar-refractivity contribution >= 4 is 11.4 Å². The van der Waals surface area contributed by atoms with Crippen LogP contribution in [0.3, 0.4) is 0 Å². The lowest BCUT2D eigenvalue weighted by Gasteiger charge is -2.32. The molecule has 3 rings (SSSR count). The number of epoxide rings is 2. The van der Waals surface area contributed by atoms with E-state index in [2.05, 4.69) is 11.7 Å². The second kappa shape index (κ2) is 14.6. The summed E-state index contributed by atoms with van der Waals surface area (Å²) in [5.41, 5.74) is 2.83. The molecule has 28 heavy (non-hydrogen) atoms. The van der Waals surface area contributed by atoms with Crippen molar-refractivity contribution in [2.24, 2.45) is 0 Å². The van der Waals surface area contributed by atoms with Crippen LogP contribution in [0.25, 0.3) is 0 Å². The van der Waals surface area contributed by atoms with Gasteiger partial charge in [-0.1, -0.05) is 12.1 Å². The molecule has 8 nitrogen and oxygen atoms in total. The number of aliphatic hydroxyl groups excluding tert-OH is 4. The first-order chi connectivity index (χ1) is 13.6. The minimum absolute atomic E-state index is 0.00618. The Morgan fingerprint density at radius 2 is 1.32 bits per heavy atom. The highest BCUT2D eigenvalue weighted by Crippen LogP contribution is 2.32. The lowest BCUT2D eigenvalue weighted by molar-refractivity contribution is 0.278. The summed E-state index contributed by atoms with van der Waals surface area (Å²) in [7, 11) is 0. The van der Waals surface area contributed by atoms with E-state index in [1.165, 1.54) is 0 Å². The zero-order chi connectivity index (χ0) is 20.8. The van der Waals surface area contributed by atoms with Crippen molar-refractivity contribution in [2.75, 3.05) is 82.2 Å². The van der Waals surface area contributed by atoms with E-state index in [4.69, 9.17) is 4.74 Å². The van der Waals surface area contributed by atoms with Gasteiger partial charge in [-0.15, -0.1) is 0 Å². The summed E-state index contributed by atoms with van der Waals surface area (Å²) in [6.45, 7) is 8.67. The Hall–Kier alpha value is -1.42. The molecule has 2 fully saturated rings. The van der Waals surface area contributed by atoms with Gasteiger partial charge in [-0.05, 0) is 25.5 Å². The number of hydrogen-bond acceptors (Lipinski definition) is 8. The van der Waals surface area contributed by atoms with Crippen LogP contribution in [-0.4, -0.2) is 99.0 Å². The molecule has 0 spiro atoms. The molecule has 1 aromatic carbocycles. The van der Waals surface area contributed by atoms with Crippen molar-refractivity contribution in [1.82, 2.24) is 0 Å². The average Bonchev–Trinajstić information content (AvgIpc) is 3.57. The van der Waals surface area contributed by atoms with Crippen LogP contribution in [-0.2, 0) is 9.47 Å². The molecule has 0 aromatic heterocycles. The van der Waals surface area contributed by atoms with Crippen LogP contribution in [0.1, 0.15) is 12.5 Å². The number of nitrogens with zero attached hydrogens (tertiary/aromatic N) is 2. The molecule has 2 aliphatic heterocycles. The molecule has 2 saturated heterocycles. The van der Waals surface area contributed by atoms with Gasteiger partial charge in [0.15, 0.2) is 0 Å². The highest BCUT2D eigenvalue weighted by molar-refractivity contribution is 5.75. The minimum Gasteiger partial charge on any atom is -0.395 e. The zero-order valence-electron chi connectivity index (χ0n) is 17.1. The number of aryl methyl sites for hydroxylation is 1. The van der Waals surface area contributed by atoms with Crippen LogP contribution in [0, 0.1) is 6.92 Å². The quantitative estimate of drug-likeness (QED) is 0.406. The van der Waals surface area contributed by atoms with Crippen LogP contribution >= 0.6 is 0 Å². The smallest absolute Gasteiger partial charge is 0.0781 e. The van der Waals surface area contributed by atoms with E-state index in [-0.39, 0.29) is 26.4 Å². The molecular weight excluding hydrogens is 364 g/mol. The van der Waals surface area contributed by atoms with Crippen LogP contribution in [0.15, 0.2) is 18.2 Å². The Balaban J connectivity index is 0.000000460. The lowest BCUT2D eigenvalue weighted by Crippen LogP contribution is -2.35. The molecule has 0 bridgehead atoms. The van der Waals surface area contributed by atoms with Gasteiger partial charge in [0.05, 0.1) is 63.7 Å². The Morgan fingerprint density at radius 3 is 1.68 bits per heavy atom. The van der Waals surface area contributed by atoms with Crippen molar-refractivity contribution in [2.45, 2.75) is 20.0 Å². The summed E-state index contributed by atoms with van der Waals surface area (Å²) in [6.07, 6.45) is 0.583. The highest BCUT2D eigenvalue weighted by atomic mass is 16.6. The maximum atomic E-state index is 9.23. The number of rotatable bonds is 10. The van der Waals surface area contributed by atoms with Gasteiger partial charge in [0.25, 0.3) is 0 Å². The molecular formula is C20H36N2O6. The summed E-state index contributed by atoms with van der Waals surface area (Å²) in [5.74, 6) is 0. The van der Waals surface area contributed by atoms with Gasteiger partial charge in [0.2, 0.25) is 0 Å². The maximum absolute atomic E-state index is 9.23. The van der Waals surface area contributed by atoms with Gasteiger partial charge in [-0.3, -0.25) is 0 Å². The number of hydrogen-bond donors (Lipinski definition) is 4. The van der Waals surface area contributed by atoms with E-state index in [0.717, 1.165) is 36.8 Å². The summed E-state index contributed by atoms with van der Waals surface area (Å²) in [6, 6.07) is 5.82. The third kappa shape index (κ3) is 10.2. The summed E-state index contributed by atoms with van der Waals surface area (Å²) in [4.78, 5) is 3.83. The zero-order valence-corrected chi connectivity index (χ0v) is 17.1. The lowest BCUT2D eigenvalue weighted by atomic mass is 10.1. The minimum atomic E-state index is -0.00657. The Morgan fingerprint density at radius 1 is 0.893 bits per heavy atom. The van der Waals surface area contributed by atoms with Crippen LogP contribution in [0.2, 0.25) is 0 Å². The van der Waals surface area contributed by atoms with E-state index in [9.17, 15) is 20.4 Å². The van der Waals surface area contributed by atoms with E-state index in [1.807, 2.05) is 34.9 Å². The molecule has 162 valence electrons. The van der Waals surface area contributed by atoms with E-state index in [1.54, 1.807) is 0 Å². The molecule has 8 heteroatoms. The fraction of sp³-hybridized carbons (Fsp3) is 0.700. The van der Waals surface area contributed by atoms with Crippen LogP contribution < -0.4 is 9.80 Å². The topological polar surface area (TPSA) is 112 Å². The second-order valence-corrected chi connectivity index (χ2v) is 6.57. The second-order valence-electron chi connectivity index (χ2n) is 6.57. The molecule has 2 heterocycles. The SMILES string of the molecule is C1CO1.CC1CO1.Cc1cccc(N(CCO)CCO)c1N(CCO)CCO. The fourth-order valence-electron chi connectivity index (χ4n) is 2.58. The number of aliphatic hydroxyl groups is 4. The number of benzene rings is 1. The first-order valence-corrected chi connectivity index (χ1v) is 9.81. The van der Waals surface area contributed by atoms with E-state index in [0.29, 0.717) is 32.3 Å². The van der Waals surface area contributed by atoms with Gasteiger partial charge < -0.3 is 39.7 Å². The van der Waals surface area contributed by atoms with Crippen molar-refractivity contribution in [1.29, 1.82) is 0 Å². The van der Waals surface area contributed by atoms with E-state index < -0.39 is 0 Å². The first kappa shape index (κ1) is 24.6. The molecule has 0 radical (unpaired) electrons. The van der Waals surface area contributed by atoms with Crippen molar-refractivity contribution < 1.29 is 29.9 Å². The van der Waals surface area contributed by atoms with Crippen molar-refractivity contribution in [3.63, 3.8) is 0 Å². The predicted octanol–water partition coefficient (Wildman–Crippen LogP) is -0.00128. The molecule has 1 aromatic rings. The van der Waals surface area contributed by atoms with Crippen LogP contribution in [0.4, 0.5) is 11.4 Å². The predicted molar refractivity (Wildman–Crippen MR) is 110 cm³/mol. The van der Waals surface area contributed by atoms with Crippen molar-refractivity contribution in [3.05, 3.63) is 23.8 Å². The van der Waals surface area contributed by atoms with Gasteiger partial charge in [-0.2, -0.15) is 0 Å². The molecule has 0 aliphatic carbocycles. The first-order valence-electron chi connectivity index (χ1n) is 9.81. The molecule has 4 N–H and O–H groups in total. The molecule has 2 aliphatic rings. The summed E-state index contributed by atoms with van der Waals surface area (Å²) < 4.78 is 9.21. The Kier molecular flexibility index (Phi) is 12.8. The molecule has 1 atom stereocenters. The van der Waals surface area contributed by atoms with Gasteiger partial charge in [0, 0.05) is 26.2 Å². The normalized spacial score (nSPS) is 16.3. The maximum Gasteiger partial charge on any atom is 0.0781 e. The summed E-state index contributed by atoms with van der Waals surface area (Å²) >= 11 is 0. The molecule has 0 amide bonds. The number of anilines is 2. The molecule has 1 unspecified atom stereocenters. The van der Waals surface area contributed by atoms with E-state index >= 15 is 0 Å². The van der Waals surface area contributed by atoms with Gasteiger partial charge >= 0.3 is 0 Å². The third-order valence-corrected chi connectivity index (χ3v) is 4.06. The average molecular weight is 401 g/mol. The number of para-hydroxylation sites is 1. The third-order valence-electron chi connectivity index (χ3n) is 4.06.